The van der Waals surface area contributed by atoms with Crippen molar-refractivity contribution in [2.75, 3.05) is 6.54 Å². The van der Waals surface area contributed by atoms with Gasteiger partial charge in [-0.2, -0.15) is 0 Å². The maximum absolute atomic E-state index is 12.0. The molecule has 1 atom stereocenters. The average Bonchev–Trinajstić information content (AvgIpc) is 3.15. The van der Waals surface area contributed by atoms with E-state index in [0.29, 0.717) is 28.9 Å². The number of carbonyl (C=O) groups is 1. The number of nitrogens with one attached hydrogen (secondary N) is 1. The van der Waals surface area contributed by atoms with E-state index in [1.54, 1.807) is 19.1 Å². The molecule has 1 saturated carbocycles. The van der Waals surface area contributed by atoms with Crippen LogP contribution < -0.4 is 11.1 Å². The van der Waals surface area contributed by atoms with Gasteiger partial charge in [-0.1, -0.05) is 29.3 Å². The van der Waals surface area contributed by atoms with Crippen LogP contribution in [-0.2, 0) is 11.2 Å². The SMILES string of the molecule is CC(N)(C(=O)NCCc1ccc(Cl)cc1Cl)C1CC1. The maximum Gasteiger partial charge on any atom is 0.240 e. The van der Waals surface area contributed by atoms with E-state index in [0.717, 1.165) is 18.4 Å². The molecule has 0 aromatic heterocycles. The third-order valence-corrected chi connectivity index (χ3v) is 4.20. The number of hydrogen-bond acceptors (Lipinski definition) is 2. The highest BCUT2D eigenvalue weighted by molar-refractivity contribution is 6.35. The minimum Gasteiger partial charge on any atom is -0.354 e. The number of benzene rings is 1. The number of halogens is 2. The highest BCUT2D eigenvalue weighted by Gasteiger charge is 2.43. The highest BCUT2D eigenvalue weighted by atomic mass is 35.5. The quantitative estimate of drug-likeness (QED) is 0.878. The Bertz CT molecular complexity index is 484. The van der Waals surface area contributed by atoms with Gasteiger partial charge >= 0.3 is 0 Å². The van der Waals surface area contributed by atoms with Crippen molar-refractivity contribution in [3.63, 3.8) is 0 Å². The zero-order valence-corrected chi connectivity index (χ0v) is 12.4. The lowest BCUT2D eigenvalue weighted by atomic mass is 9.96. The van der Waals surface area contributed by atoms with Gasteiger partial charge in [-0.05, 0) is 49.8 Å². The van der Waals surface area contributed by atoms with E-state index >= 15 is 0 Å². The summed E-state index contributed by atoms with van der Waals surface area (Å²) in [6.45, 7) is 2.33. The van der Waals surface area contributed by atoms with Crippen molar-refractivity contribution in [3.8, 4) is 0 Å². The maximum atomic E-state index is 12.0. The monoisotopic (exact) mass is 300 g/mol. The van der Waals surface area contributed by atoms with E-state index in [9.17, 15) is 4.79 Å². The van der Waals surface area contributed by atoms with Gasteiger partial charge in [0, 0.05) is 16.6 Å². The molecule has 0 aliphatic heterocycles. The smallest absolute Gasteiger partial charge is 0.240 e. The molecule has 1 aromatic rings. The van der Waals surface area contributed by atoms with Crippen LogP contribution in [-0.4, -0.2) is 18.0 Å². The molecule has 1 fully saturated rings. The van der Waals surface area contributed by atoms with Crippen molar-refractivity contribution < 1.29 is 4.79 Å². The molecule has 2 rings (SSSR count). The Balaban J connectivity index is 1.84. The summed E-state index contributed by atoms with van der Waals surface area (Å²) in [5, 5.41) is 4.12. The molecule has 0 heterocycles. The van der Waals surface area contributed by atoms with Crippen molar-refractivity contribution in [2.24, 2.45) is 11.7 Å². The number of carbonyl (C=O) groups excluding carboxylic acids is 1. The van der Waals surface area contributed by atoms with Crippen molar-refractivity contribution in [3.05, 3.63) is 33.8 Å². The predicted octanol–water partition coefficient (Wildman–Crippen LogP) is 2.78. The number of rotatable bonds is 5. The molecule has 1 unspecified atom stereocenters. The second-order valence-electron chi connectivity index (χ2n) is 5.30. The van der Waals surface area contributed by atoms with Gasteiger partial charge in [-0.15, -0.1) is 0 Å². The fraction of sp³-hybridized carbons (Fsp3) is 0.500. The number of amides is 1. The van der Waals surface area contributed by atoms with Crippen LogP contribution in [0.4, 0.5) is 0 Å². The third kappa shape index (κ3) is 3.62. The van der Waals surface area contributed by atoms with Crippen LogP contribution in [0, 0.1) is 5.92 Å². The normalized spacial score (nSPS) is 17.9. The van der Waals surface area contributed by atoms with E-state index in [1.807, 2.05) is 6.07 Å². The lowest BCUT2D eigenvalue weighted by molar-refractivity contribution is -0.126. The van der Waals surface area contributed by atoms with Crippen LogP contribution in [0.15, 0.2) is 18.2 Å². The Labute approximate surface area is 123 Å². The topological polar surface area (TPSA) is 55.1 Å². The Hall–Kier alpha value is -0.770. The fourth-order valence-corrected chi connectivity index (χ4v) is 2.60. The van der Waals surface area contributed by atoms with Gasteiger partial charge in [-0.25, -0.2) is 0 Å². The van der Waals surface area contributed by atoms with Gasteiger partial charge in [0.05, 0.1) is 5.54 Å². The summed E-state index contributed by atoms with van der Waals surface area (Å²) < 4.78 is 0. The van der Waals surface area contributed by atoms with Gasteiger partial charge in [0.15, 0.2) is 0 Å². The van der Waals surface area contributed by atoms with Crippen LogP contribution in [0.5, 0.6) is 0 Å². The van der Waals surface area contributed by atoms with Crippen molar-refractivity contribution in [1.82, 2.24) is 5.32 Å². The van der Waals surface area contributed by atoms with Gasteiger partial charge < -0.3 is 11.1 Å². The van der Waals surface area contributed by atoms with E-state index in [-0.39, 0.29) is 5.91 Å². The first-order chi connectivity index (χ1) is 8.91. The zero-order chi connectivity index (χ0) is 14.0. The van der Waals surface area contributed by atoms with Crippen molar-refractivity contribution in [1.29, 1.82) is 0 Å². The molecule has 104 valence electrons. The molecule has 1 aliphatic carbocycles. The summed E-state index contributed by atoms with van der Waals surface area (Å²) in [4.78, 5) is 12.0. The Kier molecular flexibility index (Phi) is 4.39. The fourth-order valence-electron chi connectivity index (χ4n) is 2.09. The Morgan fingerprint density at radius 1 is 1.47 bits per heavy atom. The highest BCUT2D eigenvalue weighted by Crippen LogP contribution is 2.38. The van der Waals surface area contributed by atoms with E-state index in [4.69, 9.17) is 28.9 Å². The molecule has 5 heteroatoms. The lowest BCUT2D eigenvalue weighted by Crippen LogP contribution is -2.53. The minimum atomic E-state index is -0.746. The summed E-state index contributed by atoms with van der Waals surface area (Å²) >= 11 is 11.9. The molecule has 1 aliphatic rings. The second kappa shape index (κ2) is 5.70. The molecule has 0 bridgehead atoms. The molecule has 0 spiro atoms. The van der Waals surface area contributed by atoms with Gasteiger partial charge in [0.25, 0.3) is 0 Å². The van der Waals surface area contributed by atoms with E-state index in [1.165, 1.54) is 0 Å². The Morgan fingerprint density at radius 3 is 2.74 bits per heavy atom. The van der Waals surface area contributed by atoms with Crippen LogP contribution in [0.2, 0.25) is 10.0 Å². The lowest BCUT2D eigenvalue weighted by Gasteiger charge is -2.23. The summed E-state index contributed by atoms with van der Waals surface area (Å²) in [7, 11) is 0. The first kappa shape index (κ1) is 14.6. The van der Waals surface area contributed by atoms with E-state index in [2.05, 4.69) is 5.32 Å². The van der Waals surface area contributed by atoms with E-state index < -0.39 is 5.54 Å². The molecule has 3 nitrogen and oxygen atoms in total. The largest absolute Gasteiger partial charge is 0.354 e. The summed E-state index contributed by atoms with van der Waals surface area (Å²) in [5.74, 6) is 0.242. The Morgan fingerprint density at radius 2 is 2.16 bits per heavy atom. The molecule has 1 amide bonds. The summed E-state index contributed by atoms with van der Waals surface area (Å²) in [6, 6.07) is 5.37. The summed E-state index contributed by atoms with van der Waals surface area (Å²) in [6.07, 6.45) is 2.76. The van der Waals surface area contributed by atoms with Crippen LogP contribution in [0.1, 0.15) is 25.3 Å². The molecular weight excluding hydrogens is 283 g/mol. The van der Waals surface area contributed by atoms with Crippen molar-refractivity contribution in [2.45, 2.75) is 31.7 Å². The zero-order valence-electron chi connectivity index (χ0n) is 10.9. The van der Waals surface area contributed by atoms with Gasteiger partial charge in [0.1, 0.15) is 0 Å². The van der Waals surface area contributed by atoms with Gasteiger partial charge in [0.2, 0.25) is 5.91 Å². The number of nitrogens with two attached hydrogens (primary N) is 1. The standard InChI is InChI=1S/C14H18Cl2N2O/c1-14(17,10-3-4-10)13(19)18-7-6-9-2-5-11(15)8-12(9)16/h2,5,8,10H,3-4,6-7,17H2,1H3,(H,18,19). The summed E-state index contributed by atoms with van der Waals surface area (Å²) in [5.41, 5.74) is 6.26. The molecule has 0 radical (unpaired) electrons. The molecule has 3 N–H and O–H groups in total. The minimum absolute atomic E-state index is 0.0833. The molecule has 19 heavy (non-hydrogen) atoms. The second-order valence-corrected chi connectivity index (χ2v) is 6.14. The predicted molar refractivity (Wildman–Crippen MR) is 78.5 cm³/mol. The van der Waals surface area contributed by atoms with Crippen LogP contribution in [0.25, 0.3) is 0 Å². The first-order valence-corrected chi connectivity index (χ1v) is 7.18. The van der Waals surface area contributed by atoms with Crippen LogP contribution >= 0.6 is 23.2 Å². The third-order valence-electron chi connectivity index (χ3n) is 3.61. The van der Waals surface area contributed by atoms with Crippen LogP contribution in [0.3, 0.4) is 0 Å². The van der Waals surface area contributed by atoms with Crippen molar-refractivity contribution >= 4 is 29.1 Å². The average molecular weight is 301 g/mol. The number of hydrogen-bond donors (Lipinski definition) is 2. The molecule has 0 saturated heterocycles. The van der Waals surface area contributed by atoms with Gasteiger partial charge in [-0.3, -0.25) is 4.79 Å². The first-order valence-electron chi connectivity index (χ1n) is 6.42. The molecule has 1 aromatic carbocycles. The molecular formula is C14H18Cl2N2O.